The molecular formula is C16H33Na3O8S. The fourth-order valence-electron chi connectivity index (χ4n) is 2.50. The van der Waals surface area contributed by atoms with Crippen molar-refractivity contribution in [3.8, 4) is 0 Å². The maximum Gasteiger partial charge on any atom is 1.00 e. The molecule has 28 heavy (non-hydrogen) atoms. The van der Waals surface area contributed by atoms with Crippen LogP contribution in [0.3, 0.4) is 0 Å². The van der Waals surface area contributed by atoms with E-state index in [4.69, 9.17) is 19.5 Å². The molecule has 3 N–H and O–H groups in total. The first kappa shape index (κ1) is 37.1. The number of carboxylic acids is 2. The van der Waals surface area contributed by atoms with Crippen LogP contribution in [0.1, 0.15) is 75.4 Å². The van der Waals surface area contributed by atoms with Crippen LogP contribution in [0.2, 0.25) is 0 Å². The molecule has 8 nitrogen and oxygen atoms in total. The van der Waals surface area contributed by atoms with Crippen molar-refractivity contribution < 1.29 is 130 Å². The fraction of sp³-hybridized carbons (Fsp3) is 0.875. The Kier molecular flexibility index (Phi) is 29.2. The van der Waals surface area contributed by atoms with Crippen molar-refractivity contribution >= 4 is 22.1 Å². The summed E-state index contributed by atoms with van der Waals surface area (Å²) in [5.74, 6) is -3.70. The Morgan fingerprint density at radius 3 is 1.54 bits per heavy atom. The number of hydrogen-bond acceptors (Lipinski definition) is 5. The van der Waals surface area contributed by atoms with Crippen molar-refractivity contribution in [2.24, 2.45) is 0 Å². The second-order valence-electron chi connectivity index (χ2n) is 6.09. The number of hydrogen-bond donors (Lipinski definition) is 3. The summed E-state index contributed by atoms with van der Waals surface area (Å²) in [5, 5.41) is 15.2. The molecule has 2 unspecified atom stereocenters. The Bertz CT molecular complexity index is 516. The molecule has 154 valence electrons. The second-order valence-corrected chi connectivity index (χ2v) is 7.62. The Morgan fingerprint density at radius 1 is 0.821 bits per heavy atom. The van der Waals surface area contributed by atoms with Crippen LogP contribution in [0, 0.1) is 0 Å². The van der Waals surface area contributed by atoms with Crippen LogP contribution in [0.25, 0.3) is 0 Å². The summed E-state index contributed by atoms with van der Waals surface area (Å²) in [6.07, 6.45) is 8.50. The molecule has 0 heterocycles. The van der Waals surface area contributed by atoms with Crippen LogP contribution in [-0.4, -0.2) is 53.1 Å². The van der Waals surface area contributed by atoms with Gasteiger partial charge in [0.15, 0.2) is 6.10 Å². The van der Waals surface area contributed by atoms with Crippen LogP contribution in [-0.2, 0) is 24.4 Å². The van der Waals surface area contributed by atoms with Crippen LogP contribution in [0.5, 0.6) is 0 Å². The quantitative estimate of drug-likeness (QED) is 0.119. The molecule has 0 amide bonds. The van der Waals surface area contributed by atoms with E-state index in [0.29, 0.717) is 6.42 Å². The van der Waals surface area contributed by atoms with E-state index >= 15 is 0 Å². The number of unbranched alkanes of at least 4 members (excludes halogenated alkanes) is 9. The SMILES string of the molecule is CCCCCCCCCCCCOC(C(=O)O)C(C(=O)O)S(=O)(=O)O.[H-].[H-].[H-].[Na+].[Na+].[Na+]. The van der Waals surface area contributed by atoms with Gasteiger partial charge in [-0.1, -0.05) is 64.7 Å². The third-order valence-electron chi connectivity index (χ3n) is 3.88. The summed E-state index contributed by atoms with van der Waals surface area (Å²) in [6.45, 7) is 2.10. The number of rotatable bonds is 16. The molecule has 0 fully saturated rings. The number of carboxylic acid groups (broad SMARTS) is 2. The van der Waals surface area contributed by atoms with Gasteiger partial charge in [-0.3, -0.25) is 9.35 Å². The van der Waals surface area contributed by atoms with Crippen molar-refractivity contribution in [2.75, 3.05) is 6.61 Å². The molecule has 0 aromatic heterocycles. The van der Waals surface area contributed by atoms with Gasteiger partial charge in [0.1, 0.15) is 0 Å². The number of aliphatic carboxylic acids is 2. The van der Waals surface area contributed by atoms with Gasteiger partial charge in [-0.15, -0.1) is 0 Å². The van der Waals surface area contributed by atoms with E-state index in [2.05, 4.69) is 6.92 Å². The smallest absolute Gasteiger partial charge is 1.00 e. The molecule has 0 aliphatic carbocycles. The summed E-state index contributed by atoms with van der Waals surface area (Å²) in [4.78, 5) is 22.0. The van der Waals surface area contributed by atoms with Crippen molar-refractivity contribution in [2.45, 2.75) is 82.5 Å². The predicted molar refractivity (Wildman–Crippen MR) is 95.5 cm³/mol. The van der Waals surface area contributed by atoms with E-state index in [1.165, 1.54) is 32.1 Å². The summed E-state index contributed by atoms with van der Waals surface area (Å²) < 4.78 is 35.9. The standard InChI is InChI=1S/C16H30O8S.3Na.3H/c1-2-3-4-5-6-7-8-9-10-11-12-24-13(15(17)18)14(16(19)20)25(21,22)23;;;;;;/h13-14H,2-12H2,1H3,(H,17,18)(H,19,20)(H,21,22,23);;;;;;/q;3*+1;3*-1. The third-order valence-corrected chi connectivity index (χ3v) is 4.97. The Labute approximate surface area is 239 Å². The van der Waals surface area contributed by atoms with Crippen molar-refractivity contribution in [3.05, 3.63) is 0 Å². The number of ether oxygens (including phenoxy) is 1. The summed E-state index contributed by atoms with van der Waals surface area (Å²) in [5.41, 5.74) is 0. The molecule has 0 aromatic carbocycles. The van der Waals surface area contributed by atoms with Gasteiger partial charge in [-0.25, -0.2) is 4.79 Å². The molecule has 0 saturated carbocycles. The molecule has 12 heteroatoms. The van der Waals surface area contributed by atoms with Gasteiger partial charge in [0.25, 0.3) is 10.1 Å². The van der Waals surface area contributed by atoms with Crippen molar-refractivity contribution in [1.82, 2.24) is 0 Å². The minimum absolute atomic E-state index is 0. The van der Waals surface area contributed by atoms with Gasteiger partial charge in [-0.2, -0.15) is 8.42 Å². The zero-order chi connectivity index (χ0) is 19.3. The average molecular weight is 454 g/mol. The molecule has 0 bridgehead atoms. The largest absolute Gasteiger partial charge is 1.00 e. The Hall–Kier alpha value is 1.81. The third kappa shape index (κ3) is 18.6. The molecule has 0 aliphatic heterocycles. The van der Waals surface area contributed by atoms with E-state index in [-0.39, 0.29) is 99.6 Å². The van der Waals surface area contributed by atoms with E-state index in [0.717, 1.165) is 25.7 Å². The second kappa shape index (κ2) is 22.0. The van der Waals surface area contributed by atoms with E-state index in [9.17, 15) is 18.0 Å². The molecule has 0 saturated heterocycles. The first-order valence-corrected chi connectivity index (χ1v) is 10.3. The van der Waals surface area contributed by atoms with Crippen molar-refractivity contribution in [1.29, 1.82) is 0 Å². The fourth-order valence-corrected chi connectivity index (χ4v) is 3.26. The van der Waals surface area contributed by atoms with Crippen LogP contribution in [0.4, 0.5) is 0 Å². The molecular weight excluding hydrogens is 421 g/mol. The zero-order valence-corrected chi connectivity index (χ0v) is 24.5. The molecule has 0 radical (unpaired) electrons. The maximum atomic E-state index is 11.1. The average Bonchev–Trinajstić information content (AvgIpc) is 2.49. The Morgan fingerprint density at radius 2 is 1.21 bits per heavy atom. The Balaban J connectivity index is -0.000000192. The normalized spacial score (nSPS) is 12.6. The molecule has 2 atom stereocenters. The van der Waals surface area contributed by atoms with Crippen molar-refractivity contribution in [3.63, 3.8) is 0 Å². The monoisotopic (exact) mass is 454 g/mol. The molecule has 0 spiro atoms. The van der Waals surface area contributed by atoms with Crippen LogP contribution in [0.15, 0.2) is 0 Å². The molecule has 0 aromatic rings. The van der Waals surface area contributed by atoms with Gasteiger partial charge >= 0.3 is 101 Å². The topological polar surface area (TPSA) is 138 Å². The van der Waals surface area contributed by atoms with Gasteiger partial charge in [-0.05, 0) is 6.42 Å². The summed E-state index contributed by atoms with van der Waals surface area (Å²) >= 11 is 0. The first-order chi connectivity index (χ1) is 11.7. The van der Waals surface area contributed by atoms with E-state index < -0.39 is 33.4 Å². The number of carbonyl (C=O) groups is 2. The summed E-state index contributed by atoms with van der Waals surface area (Å²) in [6, 6.07) is 0. The van der Waals surface area contributed by atoms with Crippen LogP contribution >= 0.6 is 0 Å². The first-order valence-electron chi connectivity index (χ1n) is 8.75. The predicted octanol–water partition coefficient (Wildman–Crippen LogP) is -5.93. The minimum atomic E-state index is -5.08. The minimum Gasteiger partial charge on any atom is -1.00 e. The summed E-state index contributed by atoms with van der Waals surface area (Å²) in [7, 11) is -5.08. The van der Waals surface area contributed by atoms with Crippen LogP contribution < -0.4 is 88.7 Å². The molecule has 0 aliphatic rings. The van der Waals surface area contributed by atoms with Gasteiger partial charge in [0, 0.05) is 6.61 Å². The van der Waals surface area contributed by atoms with Gasteiger partial charge < -0.3 is 19.2 Å². The zero-order valence-electron chi connectivity index (χ0n) is 20.7. The molecule has 0 rings (SSSR count). The van der Waals surface area contributed by atoms with E-state index in [1.54, 1.807) is 0 Å². The van der Waals surface area contributed by atoms with Gasteiger partial charge in [0.05, 0.1) is 0 Å². The van der Waals surface area contributed by atoms with E-state index in [1.807, 2.05) is 0 Å². The van der Waals surface area contributed by atoms with Gasteiger partial charge in [0.2, 0.25) is 5.25 Å². The maximum absolute atomic E-state index is 11.1.